The number of carbonyl (C=O) groups is 1. The average Bonchev–Trinajstić information content (AvgIpc) is 2.30. The van der Waals surface area contributed by atoms with Gasteiger partial charge in [0.2, 0.25) is 0 Å². The lowest BCUT2D eigenvalue weighted by molar-refractivity contribution is 0.0696. The van der Waals surface area contributed by atoms with Crippen molar-refractivity contribution in [3.63, 3.8) is 0 Å². The maximum absolute atomic E-state index is 10.9. The molecule has 5 nitrogen and oxygen atoms in total. The number of aromatic carboxylic acids is 1. The summed E-state index contributed by atoms with van der Waals surface area (Å²) in [6.45, 7) is 0.263. The van der Waals surface area contributed by atoms with Gasteiger partial charge >= 0.3 is 5.97 Å². The minimum atomic E-state index is -1.08. The standard InChI is InChI=1S/C11H8ClN3O2/c12-9-5-4-8(10(7-9)11(16)17)3-1-2-6-14-15-13/h4-5,7H,2,6H2,(H,16,17). The number of hydrogen-bond acceptors (Lipinski definition) is 2. The smallest absolute Gasteiger partial charge is 0.337 e. The van der Waals surface area contributed by atoms with Crippen molar-refractivity contribution in [3.8, 4) is 11.8 Å². The van der Waals surface area contributed by atoms with Gasteiger partial charge in [-0.3, -0.25) is 0 Å². The molecule has 17 heavy (non-hydrogen) atoms. The molecule has 0 aliphatic carbocycles. The molecule has 0 aliphatic rings. The van der Waals surface area contributed by atoms with Gasteiger partial charge in [-0.1, -0.05) is 28.6 Å². The van der Waals surface area contributed by atoms with Crippen LogP contribution in [0.1, 0.15) is 22.3 Å². The van der Waals surface area contributed by atoms with Crippen LogP contribution in [0.4, 0.5) is 0 Å². The zero-order valence-corrected chi connectivity index (χ0v) is 9.48. The van der Waals surface area contributed by atoms with Crippen LogP contribution in [0, 0.1) is 11.8 Å². The third-order valence-electron chi connectivity index (χ3n) is 1.84. The van der Waals surface area contributed by atoms with E-state index >= 15 is 0 Å². The van der Waals surface area contributed by atoms with Gasteiger partial charge in [-0.2, -0.15) is 0 Å². The minimum Gasteiger partial charge on any atom is -0.478 e. The number of nitrogens with zero attached hydrogens (tertiary/aromatic N) is 3. The first-order valence-electron chi connectivity index (χ1n) is 4.67. The predicted octanol–water partition coefficient (Wildman–Crippen LogP) is 3.09. The van der Waals surface area contributed by atoms with Crippen LogP contribution in [0.5, 0.6) is 0 Å². The van der Waals surface area contributed by atoms with E-state index in [0.717, 1.165) is 0 Å². The van der Waals surface area contributed by atoms with E-state index in [9.17, 15) is 4.79 Å². The molecule has 1 N–H and O–H groups in total. The molecule has 0 amide bonds. The third-order valence-corrected chi connectivity index (χ3v) is 2.07. The van der Waals surface area contributed by atoms with Gasteiger partial charge in [-0.25, -0.2) is 4.79 Å². The second-order valence-electron chi connectivity index (χ2n) is 3.00. The zero-order valence-electron chi connectivity index (χ0n) is 8.72. The summed E-state index contributed by atoms with van der Waals surface area (Å²) in [5, 5.41) is 12.6. The number of carboxylic acids is 1. The molecule has 0 atom stereocenters. The van der Waals surface area contributed by atoms with Crippen molar-refractivity contribution in [2.75, 3.05) is 6.54 Å². The fraction of sp³-hybridized carbons (Fsp3) is 0.182. The lowest BCUT2D eigenvalue weighted by Gasteiger charge is -1.99. The monoisotopic (exact) mass is 249 g/mol. The molecule has 0 heterocycles. The van der Waals surface area contributed by atoms with Crippen molar-refractivity contribution in [2.24, 2.45) is 5.11 Å². The molecular formula is C11H8ClN3O2. The molecule has 0 radical (unpaired) electrons. The number of halogens is 1. The molecule has 0 spiro atoms. The Balaban J connectivity index is 2.90. The summed E-state index contributed by atoms with van der Waals surface area (Å²) >= 11 is 5.70. The zero-order chi connectivity index (χ0) is 12.7. The number of rotatable bonds is 3. The Labute approximate surface area is 103 Å². The van der Waals surface area contributed by atoms with E-state index in [1.807, 2.05) is 0 Å². The second kappa shape index (κ2) is 6.44. The second-order valence-corrected chi connectivity index (χ2v) is 3.44. The first-order valence-corrected chi connectivity index (χ1v) is 5.05. The summed E-state index contributed by atoms with van der Waals surface area (Å²) in [5.41, 5.74) is 8.50. The van der Waals surface area contributed by atoms with Crippen molar-refractivity contribution in [3.05, 3.63) is 44.8 Å². The van der Waals surface area contributed by atoms with Crippen molar-refractivity contribution in [1.82, 2.24) is 0 Å². The van der Waals surface area contributed by atoms with Crippen LogP contribution in [0.15, 0.2) is 23.3 Å². The summed E-state index contributed by atoms with van der Waals surface area (Å²) in [5.74, 6) is 4.36. The van der Waals surface area contributed by atoms with E-state index in [4.69, 9.17) is 22.2 Å². The van der Waals surface area contributed by atoms with Gasteiger partial charge in [0, 0.05) is 28.5 Å². The predicted molar refractivity (Wildman–Crippen MR) is 63.9 cm³/mol. The molecule has 1 aromatic rings. The van der Waals surface area contributed by atoms with Crippen molar-refractivity contribution < 1.29 is 9.90 Å². The lowest BCUT2D eigenvalue weighted by Crippen LogP contribution is -1.99. The summed E-state index contributed by atoms with van der Waals surface area (Å²) in [4.78, 5) is 13.5. The van der Waals surface area contributed by atoms with Gasteiger partial charge in [0.1, 0.15) is 0 Å². The number of hydrogen-bond donors (Lipinski definition) is 1. The van der Waals surface area contributed by atoms with Crippen LogP contribution in [0.25, 0.3) is 10.4 Å². The summed E-state index contributed by atoms with van der Waals surface area (Å²) in [6, 6.07) is 4.47. The van der Waals surface area contributed by atoms with Crippen LogP contribution in [0.2, 0.25) is 5.02 Å². The van der Waals surface area contributed by atoms with E-state index in [0.29, 0.717) is 17.0 Å². The van der Waals surface area contributed by atoms with Gasteiger partial charge in [0.05, 0.1) is 5.56 Å². The molecule has 0 aliphatic heterocycles. The van der Waals surface area contributed by atoms with E-state index in [-0.39, 0.29) is 12.1 Å². The van der Waals surface area contributed by atoms with Crippen molar-refractivity contribution in [2.45, 2.75) is 6.42 Å². The first kappa shape index (κ1) is 12.9. The van der Waals surface area contributed by atoms with Crippen LogP contribution < -0.4 is 0 Å². The molecular weight excluding hydrogens is 242 g/mol. The molecule has 0 unspecified atom stereocenters. The fourth-order valence-electron chi connectivity index (χ4n) is 1.11. The molecule has 86 valence electrons. The van der Waals surface area contributed by atoms with E-state index in [1.165, 1.54) is 6.07 Å². The van der Waals surface area contributed by atoms with Crippen LogP contribution in [-0.2, 0) is 0 Å². The Morgan fingerprint density at radius 3 is 3.00 bits per heavy atom. The van der Waals surface area contributed by atoms with Gasteiger partial charge in [0.15, 0.2) is 0 Å². The average molecular weight is 250 g/mol. The Bertz CT molecular complexity index is 539. The highest BCUT2D eigenvalue weighted by Gasteiger charge is 2.08. The summed E-state index contributed by atoms with van der Waals surface area (Å²) in [6.07, 6.45) is 0.381. The van der Waals surface area contributed by atoms with E-state index in [2.05, 4.69) is 21.9 Å². The number of benzene rings is 1. The molecule has 1 aromatic carbocycles. The van der Waals surface area contributed by atoms with E-state index < -0.39 is 5.97 Å². The topological polar surface area (TPSA) is 86.1 Å². The van der Waals surface area contributed by atoms with Gasteiger partial charge < -0.3 is 5.11 Å². The van der Waals surface area contributed by atoms with Crippen molar-refractivity contribution >= 4 is 17.6 Å². The summed E-state index contributed by atoms with van der Waals surface area (Å²) in [7, 11) is 0. The molecule has 1 rings (SSSR count). The van der Waals surface area contributed by atoms with E-state index in [1.54, 1.807) is 12.1 Å². The Hall–Kier alpha value is -2.15. The normalized spacial score (nSPS) is 8.76. The number of azide groups is 1. The van der Waals surface area contributed by atoms with Crippen LogP contribution in [-0.4, -0.2) is 17.6 Å². The first-order chi connectivity index (χ1) is 8.15. The largest absolute Gasteiger partial charge is 0.478 e. The highest BCUT2D eigenvalue weighted by molar-refractivity contribution is 6.31. The highest BCUT2D eigenvalue weighted by Crippen LogP contribution is 2.15. The van der Waals surface area contributed by atoms with Gasteiger partial charge in [-0.15, -0.1) is 0 Å². The molecule has 0 saturated carbocycles. The lowest BCUT2D eigenvalue weighted by atomic mass is 10.1. The fourth-order valence-corrected chi connectivity index (χ4v) is 1.28. The quantitative estimate of drug-likeness (QED) is 0.293. The van der Waals surface area contributed by atoms with Crippen LogP contribution >= 0.6 is 11.6 Å². The Morgan fingerprint density at radius 2 is 2.35 bits per heavy atom. The molecule has 0 saturated heterocycles. The SMILES string of the molecule is [N-]=[N+]=NCCC#Cc1ccc(Cl)cc1C(=O)O. The minimum absolute atomic E-state index is 0.0637. The Morgan fingerprint density at radius 1 is 1.59 bits per heavy atom. The maximum Gasteiger partial charge on any atom is 0.337 e. The molecule has 0 fully saturated rings. The molecule has 0 aromatic heterocycles. The third kappa shape index (κ3) is 4.07. The molecule has 6 heteroatoms. The Kier molecular flexibility index (Phi) is 4.89. The molecule has 0 bridgehead atoms. The van der Waals surface area contributed by atoms with Gasteiger partial charge in [0.25, 0.3) is 0 Å². The number of carboxylic acid groups (broad SMARTS) is 1. The maximum atomic E-state index is 10.9. The van der Waals surface area contributed by atoms with Crippen LogP contribution in [0.3, 0.4) is 0 Å². The summed E-state index contributed by atoms with van der Waals surface area (Å²) < 4.78 is 0. The highest BCUT2D eigenvalue weighted by atomic mass is 35.5. The van der Waals surface area contributed by atoms with Crippen molar-refractivity contribution in [1.29, 1.82) is 0 Å². The van der Waals surface area contributed by atoms with Gasteiger partial charge in [-0.05, 0) is 23.7 Å².